The van der Waals surface area contributed by atoms with Crippen molar-refractivity contribution in [3.8, 4) is 5.75 Å². The first-order chi connectivity index (χ1) is 8.90. The maximum atomic E-state index is 5.32. The molecule has 3 heteroatoms. The minimum atomic E-state index is 0.263. The van der Waals surface area contributed by atoms with Crippen molar-refractivity contribution in [1.29, 1.82) is 0 Å². The van der Waals surface area contributed by atoms with Gasteiger partial charge in [0, 0.05) is 17.1 Å². The number of methoxy groups -OCH3 is 1. The van der Waals surface area contributed by atoms with E-state index in [1.807, 2.05) is 6.07 Å². The Labute approximate surface area is 126 Å². The van der Waals surface area contributed by atoms with Gasteiger partial charge in [-0.1, -0.05) is 43.6 Å². The molecule has 19 heavy (non-hydrogen) atoms. The van der Waals surface area contributed by atoms with Crippen LogP contribution < -0.4 is 10.1 Å². The molecule has 0 radical (unpaired) electrons. The van der Waals surface area contributed by atoms with Gasteiger partial charge in [0.2, 0.25) is 0 Å². The fraction of sp³-hybridized carbons (Fsp3) is 0.625. The van der Waals surface area contributed by atoms with E-state index in [2.05, 4.69) is 61.1 Å². The molecule has 0 aliphatic rings. The summed E-state index contributed by atoms with van der Waals surface area (Å²) in [4.78, 5) is 0. The smallest absolute Gasteiger partial charge is 0.119 e. The zero-order valence-corrected chi connectivity index (χ0v) is 14.3. The third kappa shape index (κ3) is 5.15. The number of halogens is 1. The molecule has 0 bridgehead atoms. The van der Waals surface area contributed by atoms with E-state index in [4.69, 9.17) is 4.74 Å². The van der Waals surface area contributed by atoms with Gasteiger partial charge < -0.3 is 10.1 Å². The molecule has 0 amide bonds. The minimum Gasteiger partial charge on any atom is -0.497 e. The van der Waals surface area contributed by atoms with Gasteiger partial charge in [-0.25, -0.2) is 0 Å². The summed E-state index contributed by atoms with van der Waals surface area (Å²) in [6.07, 6.45) is 2.19. The largest absolute Gasteiger partial charge is 0.497 e. The van der Waals surface area contributed by atoms with Crippen LogP contribution in [-0.4, -0.2) is 19.7 Å². The summed E-state index contributed by atoms with van der Waals surface area (Å²) in [6.45, 7) is 10.0. The first-order valence-electron chi connectivity index (χ1n) is 6.96. The highest BCUT2D eigenvalue weighted by atomic mass is 79.9. The number of benzene rings is 1. The average Bonchev–Trinajstić information content (AvgIpc) is 2.39. The molecule has 1 N–H and O–H groups in total. The van der Waals surface area contributed by atoms with Gasteiger partial charge in [0.25, 0.3) is 0 Å². The van der Waals surface area contributed by atoms with Gasteiger partial charge in [-0.3, -0.25) is 0 Å². The van der Waals surface area contributed by atoms with Crippen LogP contribution in [-0.2, 0) is 6.42 Å². The quantitative estimate of drug-likeness (QED) is 0.800. The highest BCUT2D eigenvalue weighted by Gasteiger charge is 2.24. The zero-order valence-electron chi connectivity index (χ0n) is 12.7. The molecule has 1 unspecified atom stereocenters. The highest BCUT2D eigenvalue weighted by Crippen LogP contribution is 2.31. The van der Waals surface area contributed by atoms with Crippen molar-refractivity contribution >= 4 is 15.9 Å². The summed E-state index contributed by atoms with van der Waals surface area (Å²) in [5, 5.41) is 3.56. The predicted molar refractivity (Wildman–Crippen MR) is 85.9 cm³/mol. The number of rotatable bonds is 7. The van der Waals surface area contributed by atoms with Crippen LogP contribution in [0.2, 0.25) is 0 Å². The topological polar surface area (TPSA) is 21.3 Å². The van der Waals surface area contributed by atoms with Crippen LogP contribution in [0.15, 0.2) is 22.7 Å². The van der Waals surface area contributed by atoms with E-state index in [9.17, 15) is 0 Å². The molecule has 0 heterocycles. The van der Waals surface area contributed by atoms with Crippen LogP contribution in [0.25, 0.3) is 0 Å². The molecular weight excluding hydrogens is 302 g/mol. The summed E-state index contributed by atoms with van der Waals surface area (Å²) >= 11 is 3.65. The first-order valence-corrected chi connectivity index (χ1v) is 7.75. The van der Waals surface area contributed by atoms with E-state index in [1.54, 1.807) is 7.11 Å². The normalized spacial score (nSPS) is 14.5. The number of hydrogen-bond acceptors (Lipinski definition) is 2. The lowest BCUT2D eigenvalue weighted by Crippen LogP contribution is -2.36. The van der Waals surface area contributed by atoms with E-state index >= 15 is 0 Å². The Hall–Kier alpha value is -0.540. The lowest BCUT2D eigenvalue weighted by Gasteiger charge is -2.30. The summed E-state index contributed by atoms with van der Waals surface area (Å²) in [7, 11) is 1.71. The first kappa shape index (κ1) is 16.5. The number of ether oxygens (including phenoxy) is 1. The SMILES string of the molecule is CCC(C)(CNC(C)C)Cc1cc(OC)ccc1Br. The molecule has 0 fully saturated rings. The van der Waals surface area contributed by atoms with Gasteiger partial charge in [-0.05, 0) is 42.0 Å². The lowest BCUT2D eigenvalue weighted by atomic mass is 9.81. The Kier molecular flexibility index (Phi) is 6.34. The Morgan fingerprint density at radius 2 is 2.05 bits per heavy atom. The summed E-state index contributed by atoms with van der Waals surface area (Å²) in [5.74, 6) is 0.925. The highest BCUT2D eigenvalue weighted by molar-refractivity contribution is 9.10. The molecule has 2 nitrogen and oxygen atoms in total. The maximum absolute atomic E-state index is 5.32. The molecule has 0 saturated carbocycles. The third-order valence-corrected chi connectivity index (χ3v) is 4.43. The van der Waals surface area contributed by atoms with Crippen molar-refractivity contribution in [3.63, 3.8) is 0 Å². The summed E-state index contributed by atoms with van der Waals surface area (Å²) < 4.78 is 6.48. The molecule has 0 spiro atoms. The van der Waals surface area contributed by atoms with Gasteiger partial charge in [0.05, 0.1) is 7.11 Å². The second kappa shape index (κ2) is 7.30. The van der Waals surface area contributed by atoms with Crippen LogP contribution in [0.1, 0.15) is 39.7 Å². The van der Waals surface area contributed by atoms with E-state index in [0.29, 0.717) is 6.04 Å². The Morgan fingerprint density at radius 3 is 2.58 bits per heavy atom. The molecule has 0 saturated heterocycles. The van der Waals surface area contributed by atoms with Crippen molar-refractivity contribution in [1.82, 2.24) is 5.32 Å². The third-order valence-electron chi connectivity index (χ3n) is 3.66. The van der Waals surface area contributed by atoms with E-state index in [-0.39, 0.29) is 5.41 Å². The standard InChI is InChI=1S/C16H26BrNO/c1-6-16(4,11-18-12(2)3)10-13-9-14(19-5)7-8-15(13)17/h7-9,12,18H,6,10-11H2,1-5H3. The average molecular weight is 328 g/mol. The molecule has 1 atom stereocenters. The second-order valence-electron chi connectivity index (χ2n) is 5.83. The number of nitrogens with one attached hydrogen (secondary N) is 1. The van der Waals surface area contributed by atoms with Crippen LogP contribution in [0.4, 0.5) is 0 Å². The Bertz CT molecular complexity index is 406. The summed E-state index contributed by atoms with van der Waals surface area (Å²) in [6, 6.07) is 6.72. The molecule has 1 aromatic carbocycles. The van der Waals surface area contributed by atoms with Crippen molar-refractivity contribution in [3.05, 3.63) is 28.2 Å². The molecule has 0 aliphatic carbocycles. The molecule has 1 aromatic rings. The monoisotopic (exact) mass is 327 g/mol. The Morgan fingerprint density at radius 1 is 1.37 bits per heavy atom. The maximum Gasteiger partial charge on any atom is 0.119 e. The zero-order chi connectivity index (χ0) is 14.5. The van der Waals surface area contributed by atoms with Crippen LogP contribution >= 0.6 is 15.9 Å². The van der Waals surface area contributed by atoms with Crippen molar-refractivity contribution < 1.29 is 4.74 Å². The molecular formula is C16H26BrNO. The van der Waals surface area contributed by atoms with Gasteiger partial charge in [-0.15, -0.1) is 0 Å². The van der Waals surface area contributed by atoms with Gasteiger partial charge in [0.15, 0.2) is 0 Å². The van der Waals surface area contributed by atoms with E-state index in [0.717, 1.165) is 29.6 Å². The van der Waals surface area contributed by atoms with E-state index < -0.39 is 0 Å². The van der Waals surface area contributed by atoms with Crippen LogP contribution in [0.3, 0.4) is 0 Å². The van der Waals surface area contributed by atoms with Gasteiger partial charge >= 0.3 is 0 Å². The Balaban J connectivity index is 2.84. The van der Waals surface area contributed by atoms with Crippen molar-refractivity contribution in [2.45, 2.75) is 46.6 Å². The fourth-order valence-electron chi connectivity index (χ4n) is 2.04. The lowest BCUT2D eigenvalue weighted by molar-refractivity contribution is 0.280. The molecule has 0 aromatic heterocycles. The van der Waals surface area contributed by atoms with Crippen molar-refractivity contribution in [2.24, 2.45) is 5.41 Å². The summed E-state index contributed by atoms with van der Waals surface area (Å²) in [5.41, 5.74) is 1.58. The fourth-order valence-corrected chi connectivity index (χ4v) is 2.42. The molecule has 108 valence electrons. The van der Waals surface area contributed by atoms with E-state index in [1.165, 1.54) is 5.56 Å². The van der Waals surface area contributed by atoms with Crippen LogP contribution in [0, 0.1) is 5.41 Å². The van der Waals surface area contributed by atoms with Crippen molar-refractivity contribution in [2.75, 3.05) is 13.7 Å². The molecule has 1 rings (SSSR count). The van der Waals surface area contributed by atoms with Crippen LogP contribution in [0.5, 0.6) is 5.75 Å². The van der Waals surface area contributed by atoms with Gasteiger partial charge in [-0.2, -0.15) is 0 Å². The number of hydrogen-bond donors (Lipinski definition) is 1. The molecule has 0 aliphatic heterocycles. The minimum absolute atomic E-state index is 0.263. The second-order valence-corrected chi connectivity index (χ2v) is 6.69. The predicted octanol–water partition coefficient (Wildman–Crippen LogP) is 4.41. The van der Waals surface area contributed by atoms with Gasteiger partial charge in [0.1, 0.15) is 5.75 Å².